The second kappa shape index (κ2) is 7.21. The van der Waals surface area contributed by atoms with Crippen molar-refractivity contribution in [2.45, 2.75) is 24.8 Å². The lowest BCUT2D eigenvalue weighted by Crippen LogP contribution is -2.36. The van der Waals surface area contributed by atoms with Gasteiger partial charge in [0.05, 0.1) is 6.61 Å². The number of halogens is 5. The van der Waals surface area contributed by atoms with Gasteiger partial charge in [-0.3, -0.25) is 0 Å². The molecule has 1 aromatic carbocycles. The van der Waals surface area contributed by atoms with Crippen molar-refractivity contribution in [3.05, 3.63) is 34.3 Å². The van der Waals surface area contributed by atoms with Gasteiger partial charge in [0.25, 0.3) is 0 Å². The number of hydrogen-bond donors (Lipinski definition) is 1. The van der Waals surface area contributed by atoms with Crippen molar-refractivity contribution in [2.24, 2.45) is 5.73 Å². The molecule has 0 aliphatic carbocycles. The van der Waals surface area contributed by atoms with Gasteiger partial charge in [0.1, 0.15) is 6.61 Å². The van der Waals surface area contributed by atoms with Crippen LogP contribution in [0.25, 0.3) is 0 Å². The van der Waals surface area contributed by atoms with Gasteiger partial charge in [0.15, 0.2) is 0 Å². The van der Waals surface area contributed by atoms with Gasteiger partial charge in [-0.1, -0.05) is 34.1 Å². The van der Waals surface area contributed by atoms with Crippen LogP contribution in [0.4, 0.5) is 17.6 Å². The van der Waals surface area contributed by atoms with Gasteiger partial charge in [0.2, 0.25) is 0 Å². The minimum Gasteiger partial charge on any atom is -0.373 e. The van der Waals surface area contributed by atoms with Crippen LogP contribution in [0.2, 0.25) is 0 Å². The van der Waals surface area contributed by atoms with E-state index in [0.717, 1.165) is 10.0 Å². The van der Waals surface area contributed by atoms with E-state index < -0.39 is 25.0 Å². The summed E-state index contributed by atoms with van der Waals surface area (Å²) in [5.74, 6) is -4.13. The monoisotopic (exact) mass is 343 g/mol. The van der Waals surface area contributed by atoms with E-state index in [0.29, 0.717) is 6.42 Å². The van der Waals surface area contributed by atoms with Gasteiger partial charge in [-0.15, -0.1) is 0 Å². The van der Waals surface area contributed by atoms with Gasteiger partial charge < -0.3 is 10.5 Å². The molecule has 0 fully saturated rings. The van der Waals surface area contributed by atoms with Gasteiger partial charge in [-0.05, 0) is 18.1 Å². The summed E-state index contributed by atoms with van der Waals surface area (Å²) >= 11 is 3.33. The number of alkyl halides is 4. The highest BCUT2D eigenvalue weighted by molar-refractivity contribution is 9.10. The maximum Gasteiger partial charge on any atom is 0.330 e. The summed E-state index contributed by atoms with van der Waals surface area (Å²) in [5.41, 5.74) is 6.60. The molecule has 19 heavy (non-hydrogen) atoms. The lowest BCUT2D eigenvalue weighted by Gasteiger charge is -2.17. The molecule has 1 unspecified atom stereocenters. The Labute approximate surface area is 117 Å². The number of nitrogens with two attached hydrogens (primary N) is 1. The second-order valence-electron chi connectivity index (χ2n) is 4.13. The number of hydrogen-bond acceptors (Lipinski definition) is 2. The fraction of sp³-hybridized carbons (Fsp3) is 0.500. The van der Waals surface area contributed by atoms with E-state index in [2.05, 4.69) is 20.7 Å². The van der Waals surface area contributed by atoms with Crippen LogP contribution in [0, 0.1) is 0 Å². The first kappa shape index (κ1) is 16.4. The molecule has 0 aliphatic heterocycles. The molecular weight excluding hydrogens is 330 g/mol. The van der Waals surface area contributed by atoms with Crippen LogP contribution in [0.1, 0.15) is 5.56 Å². The molecule has 1 aromatic rings. The standard InChI is InChI=1S/C12H14BrF4NO/c13-10-4-2-1-3-8(10)5-9(18)6-19-7-12(16,17)11(14)15/h1-4,9,11H,5-7,18H2. The summed E-state index contributed by atoms with van der Waals surface area (Å²) in [6.45, 7) is -1.53. The van der Waals surface area contributed by atoms with Crippen molar-refractivity contribution in [1.82, 2.24) is 0 Å². The second-order valence-corrected chi connectivity index (χ2v) is 4.99. The summed E-state index contributed by atoms with van der Waals surface area (Å²) < 4.78 is 54.3. The Hall–Kier alpha value is -0.660. The maximum absolute atomic E-state index is 12.6. The highest BCUT2D eigenvalue weighted by Crippen LogP contribution is 2.23. The zero-order valence-corrected chi connectivity index (χ0v) is 11.5. The molecule has 0 saturated carbocycles. The molecule has 2 nitrogen and oxygen atoms in total. The van der Waals surface area contributed by atoms with Crippen LogP contribution >= 0.6 is 15.9 Å². The topological polar surface area (TPSA) is 35.2 Å². The highest BCUT2D eigenvalue weighted by Gasteiger charge is 2.41. The van der Waals surface area contributed by atoms with Gasteiger partial charge in [0, 0.05) is 10.5 Å². The van der Waals surface area contributed by atoms with Crippen molar-refractivity contribution in [2.75, 3.05) is 13.2 Å². The Morgan fingerprint density at radius 3 is 2.47 bits per heavy atom. The predicted molar refractivity (Wildman–Crippen MR) is 67.6 cm³/mol. The molecule has 108 valence electrons. The highest BCUT2D eigenvalue weighted by atomic mass is 79.9. The zero-order chi connectivity index (χ0) is 14.5. The third-order valence-corrected chi connectivity index (χ3v) is 3.16. The number of benzene rings is 1. The molecule has 0 amide bonds. The van der Waals surface area contributed by atoms with Gasteiger partial charge in [-0.2, -0.15) is 8.78 Å². The normalized spacial score (nSPS) is 13.8. The number of rotatable bonds is 7. The molecule has 2 N–H and O–H groups in total. The zero-order valence-electron chi connectivity index (χ0n) is 9.96. The van der Waals surface area contributed by atoms with Crippen LogP contribution in [-0.4, -0.2) is 31.6 Å². The van der Waals surface area contributed by atoms with E-state index in [4.69, 9.17) is 5.73 Å². The molecule has 0 bridgehead atoms. The molecule has 0 aliphatic rings. The van der Waals surface area contributed by atoms with E-state index in [9.17, 15) is 17.6 Å². The van der Waals surface area contributed by atoms with Crippen molar-refractivity contribution in [3.8, 4) is 0 Å². The Bertz CT molecular complexity index is 403. The molecule has 7 heteroatoms. The van der Waals surface area contributed by atoms with Gasteiger partial charge in [-0.25, -0.2) is 8.78 Å². The molecule has 0 aromatic heterocycles. The Kier molecular flexibility index (Phi) is 6.22. The average molecular weight is 344 g/mol. The third-order valence-electron chi connectivity index (χ3n) is 2.39. The minimum atomic E-state index is -4.13. The SMILES string of the molecule is NC(COCC(F)(F)C(F)F)Cc1ccccc1Br. The van der Waals surface area contributed by atoms with Crippen molar-refractivity contribution in [1.29, 1.82) is 0 Å². The van der Waals surface area contributed by atoms with Crippen LogP contribution in [-0.2, 0) is 11.2 Å². The van der Waals surface area contributed by atoms with E-state index in [-0.39, 0.29) is 6.61 Å². The third kappa shape index (κ3) is 5.46. The fourth-order valence-corrected chi connectivity index (χ4v) is 1.86. The first-order valence-electron chi connectivity index (χ1n) is 5.55. The Morgan fingerprint density at radius 2 is 1.89 bits per heavy atom. The van der Waals surface area contributed by atoms with E-state index in [1.165, 1.54) is 0 Å². The van der Waals surface area contributed by atoms with E-state index >= 15 is 0 Å². The van der Waals surface area contributed by atoms with Crippen molar-refractivity contribution < 1.29 is 22.3 Å². The van der Waals surface area contributed by atoms with Crippen LogP contribution < -0.4 is 5.73 Å². The van der Waals surface area contributed by atoms with Crippen LogP contribution in [0.3, 0.4) is 0 Å². The Morgan fingerprint density at radius 1 is 1.26 bits per heavy atom. The lowest BCUT2D eigenvalue weighted by atomic mass is 10.1. The molecule has 0 spiro atoms. The van der Waals surface area contributed by atoms with E-state index in [1.807, 2.05) is 24.3 Å². The first-order chi connectivity index (χ1) is 8.83. The molecular formula is C12H14BrF4NO. The average Bonchev–Trinajstić information content (AvgIpc) is 2.31. The fourth-order valence-electron chi connectivity index (χ4n) is 1.41. The molecule has 1 rings (SSSR count). The van der Waals surface area contributed by atoms with E-state index in [1.54, 1.807) is 0 Å². The predicted octanol–water partition coefficient (Wildman–Crippen LogP) is 3.24. The molecule has 0 heterocycles. The van der Waals surface area contributed by atoms with Gasteiger partial charge >= 0.3 is 12.3 Å². The van der Waals surface area contributed by atoms with Crippen LogP contribution in [0.5, 0.6) is 0 Å². The number of ether oxygens (including phenoxy) is 1. The summed E-state index contributed by atoms with van der Waals surface area (Å²) in [6, 6.07) is 6.77. The van der Waals surface area contributed by atoms with Crippen LogP contribution in [0.15, 0.2) is 28.7 Å². The first-order valence-corrected chi connectivity index (χ1v) is 6.35. The summed E-state index contributed by atoms with van der Waals surface area (Å²) in [4.78, 5) is 0. The molecule has 0 saturated heterocycles. The quantitative estimate of drug-likeness (QED) is 0.771. The largest absolute Gasteiger partial charge is 0.373 e. The smallest absolute Gasteiger partial charge is 0.330 e. The molecule has 0 radical (unpaired) electrons. The molecule has 1 atom stereocenters. The lowest BCUT2D eigenvalue weighted by molar-refractivity contribution is -0.166. The Balaban J connectivity index is 2.37. The van der Waals surface area contributed by atoms with Crippen molar-refractivity contribution in [3.63, 3.8) is 0 Å². The van der Waals surface area contributed by atoms with Crippen molar-refractivity contribution >= 4 is 15.9 Å². The maximum atomic E-state index is 12.6. The summed E-state index contributed by atoms with van der Waals surface area (Å²) in [5, 5.41) is 0. The minimum absolute atomic E-state index is 0.205. The summed E-state index contributed by atoms with van der Waals surface area (Å²) in [7, 11) is 0. The summed E-state index contributed by atoms with van der Waals surface area (Å²) in [6.07, 6.45) is -3.33.